The third kappa shape index (κ3) is 5.13. The first-order valence-corrected chi connectivity index (χ1v) is 4.00. The van der Waals surface area contributed by atoms with Gasteiger partial charge in [0.25, 0.3) is 0 Å². The molecule has 0 spiro atoms. The van der Waals surface area contributed by atoms with E-state index in [1.54, 1.807) is 6.92 Å². The van der Waals surface area contributed by atoms with Gasteiger partial charge >= 0.3 is 11.2 Å². The molecule has 0 N–H and O–H groups in total. The van der Waals surface area contributed by atoms with Gasteiger partial charge in [0.05, 0.1) is 0 Å². The minimum Gasteiger partial charge on any atom is -0.456 e. The van der Waals surface area contributed by atoms with Gasteiger partial charge in [0, 0.05) is 0 Å². The highest BCUT2D eigenvalue weighted by molar-refractivity contribution is 6.80. The summed E-state index contributed by atoms with van der Waals surface area (Å²) in [5.74, 6) is 0.155. The standard InChI is InChI=1S/C8H12ClO3/c1-5(2)4-6(3)12-8(11)7(9)10/h6H,4H2,1-3H3. The van der Waals surface area contributed by atoms with Crippen LogP contribution < -0.4 is 0 Å². The number of rotatable bonds is 4. The number of carbonyl (C=O) groups is 2. The molecule has 1 radical (unpaired) electrons. The molecule has 0 aromatic rings. The zero-order valence-electron chi connectivity index (χ0n) is 7.39. The molecule has 0 aromatic carbocycles. The molecular weight excluding hydrogens is 180 g/mol. The minimum atomic E-state index is -1.07. The van der Waals surface area contributed by atoms with Crippen LogP contribution in [0.4, 0.5) is 0 Å². The van der Waals surface area contributed by atoms with Gasteiger partial charge in [-0.25, -0.2) is 4.79 Å². The van der Waals surface area contributed by atoms with Gasteiger partial charge in [-0.3, -0.25) is 4.79 Å². The van der Waals surface area contributed by atoms with E-state index in [0.29, 0.717) is 6.42 Å². The lowest BCUT2D eigenvalue weighted by atomic mass is 10.1. The first kappa shape index (κ1) is 11.4. The van der Waals surface area contributed by atoms with Gasteiger partial charge < -0.3 is 4.74 Å². The molecule has 0 rings (SSSR count). The van der Waals surface area contributed by atoms with Crippen molar-refractivity contribution in [1.82, 2.24) is 0 Å². The third-order valence-corrected chi connectivity index (χ3v) is 1.32. The molecule has 0 saturated heterocycles. The van der Waals surface area contributed by atoms with Crippen LogP contribution in [0.5, 0.6) is 0 Å². The largest absolute Gasteiger partial charge is 0.456 e. The Kier molecular flexibility index (Phi) is 4.90. The van der Waals surface area contributed by atoms with E-state index in [9.17, 15) is 9.59 Å². The summed E-state index contributed by atoms with van der Waals surface area (Å²) >= 11 is 4.89. The molecule has 3 nitrogen and oxygen atoms in total. The average Bonchev–Trinajstić information content (AvgIpc) is 1.84. The molecule has 0 saturated carbocycles. The minimum absolute atomic E-state index is 0.287. The fourth-order valence-corrected chi connectivity index (χ4v) is 0.890. The summed E-state index contributed by atoms with van der Waals surface area (Å²) in [6.45, 7) is 5.56. The lowest BCUT2D eigenvalue weighted by Crippen LogP contribution is -2.20. The first-order chi connectivity index (χ1) is 5.43. The fraction of sp³-hybridized carbons (Fsp3) is 0.625. The molecule has 0 aliphatic carbocycles. The molecule has 1 unspecified atom stereocenters. The SMILES string of the molecule is C[C](C)CC(C)OC(=O)C(=O)Cl. The summed E-state index contributed by atoms with van der Waals surface area (Å²) in [6, 6.07) is 0. The predicted octanol–water partition coefficient (Wildman–Crippen LogP) is 1.69. The van der Waals surface area contributed by atoms with Crippen molar-refractivity contribution in [1.29, 1.82) is 0 Å². The fourth-order valence-electron chi connectivity index (χ4n) is 0.846. The van der Waals surface area contributed by atoms with Crippen LogP contribution in [0.1, 0.15) is 27.2 Å². The molecule has 0 aliphatic rings. The van der Waals surface area contributed by atoms with E-state index in [1.165, 1.54) is 0 Å². The molecule has 0 aliphatic heterocycles. The maximum Gasteiger partial charge on any atom is 0.391 e. The van der Waals surface area contributed by atoms with Crippen molar-refractivity contribution < 1.29 is 14.3 Å². The number of hydrogen-bond acceptors (Lipinski definition) is 3. The molecule has 0 heterocycles. The molecule has 0 fully saturated rings. The highest BCUT2D eigenvalue weighted by Crippen LogP contribution is 2.09. The van der Waals surface area contributed by atoms with Crippen LogP contribution in [0.15, 0.2) is 0 Å². The molecule has 0 amide bonds. The van der Waals surface area contributed by atoms with Gasteiger partial charge in [-0.1, -0.05) is 13.8 Å². The maximum absolute atomic E-state index is 10.6. The lowest BCUT2D eigenvalue weighted by Gasteiger charge is -2.12. The Morgan fingerprint density at radius 1 is 1.42 bits per heavy atom. The van der Waals surface area contributed by atoms with Crippen molar-refractivity contribution in [2.75, 3.05) is 0 Å². The third-order valence-electron chi connectivity index (χ3n) is 1.16. The summed E-state index contributed by atoms with van der Waals surface area (Å²) in [6.07, 6.45) is 0.362. The van der Waals surface area contributed by atoms with Gasteiger partial charge in [-0.05, 0) is 30.9 Å². The summed E-state index contributed by atoms with van der Waals surface area (Å²) in [5, 5.41) is -1.07. The lowest BCUT2D eigenvalue weighted by molar-refractivity contribution is -0.154. The van der Waals surface area contributed by atoms with Crippen molar-refractivity contribution >= 4 is 22.8 Å². The molecule has 4 heteroatoms. The second-order valence-corrected chi connectivity index (χ2v) is 3.24. The number of ether oxygens (including phenoxy) is 1. The topological polar surface area (TPSA) is 43.4 Å². The van der Waals surface area contributed by atoms with Gasteiger partial charge in [0.1, 0.15) is 6.10 Å². The normalized spacial score (nSPS) is 12.8. The van der Waals surface area contributed by atoms with Crippen LogP contribution in [-0.2, 0) is 14.3 Å². The Labute approximate surface area is 77.0 Å². The van der Waals surface area contributed by atoms with Crippen molar-refractivity contribution in [3.63, 3.8) is 0 Å². The van der Waals surface area contributed by atoms with E-state index in [2.05, 4.69) is 4.74 Å². The van der Waals surface area contributed by atoms with Gasteiger partial charge in [-0.15, -0.1) is 0 Å². The molecule has 69 valence electrons. The monoisotopic (exact) mass is 191 g/mol. The van der Waals surface area contributed by atoms with E-state index in [-0.39, 0.29) is 6.10 Å². The van der Waals surface area contributed by atoms with Crippen LogP contribution in [0.2, 0.25) is 0 Å². The Morgan fingerprint density at radius 2 is 1.92 bits per heavy atom. The quantitative estimate of drug-likeness (QED) is 0.386. The highest BCUT2D eigenvalue weighted by atomic mass is 35.5. The Balaban J connectivity index is 3.76. The molecule has 0 aromatic heterocycles. The molecule has 0 bridgehead atoms. The van der Waals surface area contributed by atoms with Crippen LogP contribution in [0.3, 0.4) is 0 Å². The van der Waals surface area contributed by atoms with Crippen LogP contribution >= 0.6 is 11.6 Å². The summed E-state index contributed by atoms with van der Waals surface area (Å²) in [4.78, 5) is 20.9. The Bertz CT molecular complexity index is 177. The van der Waals surface area contributed by atoms with Crippen molar-refractivity contribution in [2.45, 2.75) is 33.3 Å². The van der Waals surface area contributed by atoms with Crippen LogP contribution in [-0.4, -0.2) is 17.3 Å². The van der Waals surface area contributed by atoms with Crippen LogP contribution in [0, 0.1) is 5.92 Å². The van der Waals surface area contributed by atoms with E-state index in [0.717, 1.165) is 5.92 Å². The summed E-state index contributed by atoms with van der Waals surface area (Å²) in [5.41, 5.74) is 0. The average molecular weight is 192 g/mol. The van der Waals surface area contributed by atoms with Crippen molar-refractivity contribution in [3.05, 3.63) is 5.92 Å². The zero-order chi connectivity index (χ0) is 9.72. The van der Waals surface area contributed by atoms with E-state index >= 15 is 0 Å². The van der Waals surface area contributed by atoms with Gasteiger partial charge in [0.15, 0.2) is 0 Å². The second-order valence-electron chi connectivity index (χ2n) is 2.90. The molecule has 12 heavy (non-hydrogen) atoms. The van der Waals surface area contributed by atoms with E-state index in [1.807, 2.05) is 13.8 Å². The van der Waals surface area contributed by atoms with Gasteiger partial charge in [-0.2, -0.15) is 0 Å². The highest BCUT2D eigenvalue weighted by Gasteiger charge is 2.16. The van der Waals surface area contributed by atoms with Crippen molar-refractivity contribution in [3.8, 4) is 0 Å². The molecular formula is C8H12ClO3. The predicted molar refractivity (Wildman–Crippen MR) is 45.6 cm³/mol. The summed E-state index contributed by atoms with van der Waals surface area (Å²) < 4.78 is 4.68. The number of esters is 1. The summed E-state index contributed by atoms with van der Waals surface area (Å²) in [7, 11) is 0. The number of carbonyl (C=O) groups excluding carboxylic acids is 2. The van der Waals surface area contributed by atoms with E-state index < -0.39 is 11.2 Å². The van der Waals surface area contributed by atoms with E-state index in [4.69, 9.17) is 11.6 Å². The van der Waals surface area contributed by atoms with Crippen LogP contribution in [0.25, 0.3) is 0 Å². The number of halogens is 1. The first-order valence-electron chi connectivity index (χ1n) is 3.63. The van der Waals surface area contributed by atoms with Gasteiger partial charge in [0.2, 0.25) is 0 Å². The second kappa shape index (κ2) is 5.14. The van der Waals surface area contributed by atoms with Crippen molar-refractivity contribution in [2.24, 2.45) is 0 Å². The Hall–Kier alpha value is -0.570. The smallest absolute Gasteiger partial charge is 0.391 e. The Morgan fingerprint density at radius 3 is 2.25 bits per heavy atom. The molecule has 1 atom stereocenters. The zero-order valence-corrected chi connectivity index (χ0v) is 8.14. The maximum atomic E-state index is 10.6. The number of hydrogen-bond donors (Lipinski definition) is 0.